The number of benzene rings is 4. The van der Waals surface area contributed by atoms with Gasteiger partial charge in [-0.25, -0.2) is 10.2 Å². The number of halogens is 1. The molecule has 0 unspecified atom stereocenters. The summed E-state index contributed by atoms with van der Waals surface area (Å²) in [6, 6.07) is 24.9. The average Bonchev–Trinajstić information content (AvgIpc) is 3.42. The highest BCUT2D eigenvalue weighted by atomic mass is 35.5. The average molecular weight is 626 g/mol. The van der Waals surface area contributed by atoms with E-state index in [2.05, 4.69) is 15.5 Å². The highest BCUT2D eigenvalue weighted by Gasteiger charge is 2.20. The van der Waals surface area contributed by atoms with E-state index in [0.29, 0.717) is 58.9 Å². The molecule has 0 aliphatic rings. The van der Waals surface area contributed by atoms with E-state index in [9.17, 15) is 9.59 Å². The van der Waals surface area contributed by atoms with Crippen LogP contribution in [0.15, 0.2) is 90.0 Å². The number of carbonyl (C=O) groups is 2. The molecule has 1 heterocycles. The molecule has 0 atom stereocenters. The maximum Gasteiger partial charge on any atom is 0.343 e. The molecule has 1 aromatic heterocycles. The van der Waals surface area contributed by atoms with Gasteiger partial charge in [-0.1, -0.05) is 41.9 Å². The molecule has 2 N–H and O–H groups in total. The van der Waals surface area contributed by atoms with Crippen LogP contribution in [0.25, 0.3) is 22.0 Å². The van der Waals surface area contributed by atoms with Crippen molar-refractivity contribution in [3.05, 3.63) is 107 Å². The number of H-pyrrole nitrogens is 1. The van der Waals surface area contributed by atoms with E-state index >= 15 is 0 Å². The zero-order valence-electron chi connectivity index (χ0n) is 25.1. The van der Waals surface area contributed by atoms with E-state index in [1.165, 1.54) is 6.21 Å². The van der Waals surface area contributed by atoms with Gasteiger partial charge >= 0.3 is 5.97 Å². The summed E-state index contributed by atoms with van der Waals surface area (Å²) < 4.78 is 22.6. The number of fused-ring (bicyclic) bond motifs is 1. The summed E-state index contributed by atoms with van der Waals surface area (Å²) in [5, 5.41) is 5.57. The van der Waals surface area contributed by atoms with E-state index in [1.54, 1.807) is 42.5 Å². The van der Waals surface area contributed by atoms with Crippen molar-refractivity contribution in [2.24, 2.45) is 5.10 Å². The SMILES string of the molecule is CCOc1ccc(C(=O)Oc2ccc(C=NNC(=O)c3[nH]c4ccc(Cl)cc4c3-c3ccccc3)cc2OCC)cc1OCC. The molecule has 0 bridgehead atoms. The minimum absolute atomic E-state index is 0.235. The van der Waals surface area contributed by atoms with Gasteiger partial charge < -0.3 is 23.9 Å². The second-order valence-corrected chi connectivity index (χ2v) is 10.1. The molecule has 0 radical (unpaired) electrons. The fourth-order valence-corrected chi connectivity index (χ4v) is 4.93. The third kappa shape index (κ3) is 7.27. The summed E-state index contributed by atoms with van der Waals surface area (Å²) in [5.41, 5.74) is 6.24. The molecule has 0 aliphatic heterocycles. The number of ether oxygens (including phenoxy) is 4. The molecule has 1 amide bonds. The third-order valence-electron chi connectivity index (χ3n) is 6.68. The van der Waals surface area contributed by atoms with Crippen LogP contribution in [0, 0.1) is 0 Å². The lowest BCUT2D eigenvalue weighted by molar-refractivity contribution is 0.0727. The molecule has 10 heteroatoms. The van der Waals surface area contributed by atoms with Crippen LogP contribution in [-0.4, -0.2) is 42.9 Å². The Bertz CT molecular complexity index is 1850. The van der Waals surface area contributed by atoms with Gasteiger partial charge in [0.05, 0.1) is 31.6 Å². The largest absolute Gasteiger partial charge is 0.490 e. The number of hydrogen-bond acceptors (Lipinski definition) is 7. The van der Waals surface area contributed by atoms with Gasteiger partial charge in [-0.3, -0.25) is 4.79 Å². The maximum absolute atomic E-state index is 13.3. The lowest BCUT2D eigenvalue weighted by Gasteiger charge is -2.13. The van der Waals surface area contributed by atoms with E-state index < -0.39 is 11.9 Å². The van der Waals surface area contributed by atoms with Crippen molar-refractivity contribution in [1.82, 2.24) is 10.4 Å². The van der Waals surface area contributed by atoms with Gasteiger partial charge in [0.15, 0.2) is 23.0 Å². The molecule has 5 rings (SSSR count). The van der Waals surface area contributed by atoms with Crippen molar-refractivity contribution < 1.29 is 28.5 Å². The Kier molecular flexibility index (Phi) is 10.0. The van der Waals surface area contributed by atoms with Gasteiger partial charge in [-0.05, 0) is 86.5 Å². The standard InChI is InChI=1S/C35H32ClN3O6/c1-4-42-28-17-13-24(19-31(28)44-6-3)35(41)45-29-16-12-22(18-30(29)43-5-2)21-37-39-34(40)33-32(23-10-8-7-9-11-23)26-20-25(36)14-15-27(26)38-33/h7-21,38H,4-6H2,1-3H3,(H,39,40). The van der Waals surface area contributed by atoms with Crippen LogP contribution >= 0.6 is 11.6 Å². The van der Waals surface area contributed by atoms with Crippen LogP contribution in [0.1, 0.15) is 47.2 Å². The number of rotatable bonds is 12. The Morgan fingerprint density at radius 2 is 1.49 bits per heavy atom. The van der Waals surface area contributed by atoms with Crippen LogP contribution in [0.5, 0.6) is 23.0 Å². The summed E-state index contributed by atoms with van der Waals surface area (Å²) in [5.74, 6) is 0.582. The van der Waals surface area contributed by atoms with Gasteiger partial charge in [0.1, 0.15) is 5.69 Å². The van der Waals surface area contributed by atoms with Crippen molar-refractivity contribution in [3.63, 3.8) is 0 Å². The van der Waals surface area contributed by atoms with E-state index in [-0.39, 0.29) is 5.75 Å². The summed E-state index contributed by atoms with van der Waals surface area (Å²) in [4.78, 5) is 29.5. The monoisotopic (exact) mass is 625 g/mol. The van der Waals surface area contributed by atoms with Crippen molar-refractivity contribution in [3.8, 4) is 34.1 Å². The molecular weight excluding hydrogens is 594 g/mol. The summed E-state index contributed by atoms with van der Waals surface area (Å²) >= 11 is 6.27. The zero-order valence-corrected chi connectivity index (χ0v) is 25.8. The van der Waals surface area contributed by atoms with Crippen molar-refractivity contribution in [2.45, 2.75) is 20.8 Å². The molecule has 5 aromatic rings. The Hall–Kier alpha value is -5.28. The number of aromatic nitrogens is 1. The molecule has 45 heavy (non-hydrogen) atoms. The van der Waals surface area contributed by atoms with Crippen molar-refractivity contribution in [2.75, 3.05) is 19.8 Å². The Balaban J connectivity index is 1.34. The smallest absolute Gasteiger partial charge is 0.343 e. The molecular formula is C35H32ClN3O6. The lowest BCUT2D eigenvalue weighted by atomic mass is 10.0. The second kappa shape index (κ2) is 14.5. The minimum Gasteiger partial charge on any atom is -0.490 e. The topological polar surface area (TPSA) is 111 Å². The third-order valence-corrected chi connectivity index (χ3v) is 6.91. The predicted octanol–water partition coefficient (Wildman–Crippen LogP) is 7.67. The molecule has 9 nitrogen and oxygen atoms in total. The maximum atomic E-state index is 13.3. The number of nitrogens with one attached hydrogen (secondary N) is 2. The number of nitrogens with zero attached hydrogens (tertiary/aromatic N) is 1. The van der Waals surface area contributed by atoms with Crippen LogP contribution in [0.3, 0.4) is 0 Å². The molecule has 0 aliphatic carbocycles. The zero-order chi connectivity index (χ0) is 31.8. The number of esters is 1. The molecule has 0 spiro atoms. The number of carbonyl (C=O) groups excluding carboxylic acids is 2. The highest BCUT2D eigenvalue weighted by Crippen LogP contribution is 2.35. The van der Waals surface area contributed by atoms with Crippen molar-refractivity contribution in [1.29, 1.82) is 0 Å². The molecule has 230 valence electrons. The van der Waals surface area contributed by atoms with E-state index in [1.807, 2.05) is 63.2 Å². The van der Waals surface area contributed by atoms with E-state index in [4.69, 9.17) is 30.5 Å². The molecule has 4 aromatic carbocycles. The lowest BCUT2D eigenvalue weighted by Crippen LogP contribution is -2.18. The number of hydrogen-bond donors (Lipinski definition) is 2. The number of amides is 1. The van der Waals surface area contributed by atoms with Crippen molar-refractivity contribution >= 4 is 40.6 Å². The van der Waals surface area contributed by atoms with Crippen LogP contribution in [0.4, 0.5) is 0 Å². The van der Waals surface area contributed by atoms with Crippen LogP contribution < -0.4 is 24.4 Å². The van der Waals surface area contributed by atoms with Gasteiger partial charge in [0.2, 0.25) is 0 Å². The van der Waals surface area contributed by atoms with Gasteiger partial charge in [0, 0.05) is 21.5 Å². The molecule has 0 saturated carbocycles. The fourth-order valence-electron chi connectivity index (χ4n) is 4.75. The van der Waals surface area contributed by atoms with Gasteiger partial charge in [-0.15, -0.1) is 0 Å². The summed E-state index contributed by atoms with van der Waals surface area (Å²) in [6.45, 7) is 6.77. The number of hydrazone groups is 1. The van der Waals surface area contributed by atoms with Crippen LogP contribution in [0.2, 0.25) is 5.02 Å². The van der Waals surface area contributed by atoms with Gasteiger partial charge in [0.25, 0.3) is 5.91 Å². The Morgan fingerprint density at radius 1 is 0.800 bits per heavy atom. The first-order chi connectivity index (χ1) is 21.9. The van der Waals surface area contributed by atoms with Gasteiger partial charge in [-0.2, -0.15) is 5.10 Å². The highest BCUT2D eigenvalue weighted by molar-refractivity contribution is 6.31. The summed E-state index contributed by atoms with van der Waals surface area (Å²) in [7, 11) is 0. The summed E-state index contributed by atoms with van der Waals surface area (Å²) in [6.07, 6.45) is 1.48. The molecule has 0 fully saturated rings. The predicted molar refractivity (Wildman–Crippen MR) is 175 cm³/mol. The van der Waals surface area contributed by atoms with E-state index in [0.717, 1.165) is 22.0 Å². The quantitative estimate of drug-likeness (QED) is 0.0637. The molecule has 0 saturated heterocycles. The Labute approximate surface area is 265 Å². The normalized spacial score (nSPS) is 11.0. The van der Waals surface area contributed by atoms with Crippen LogP contribution in [-0.2, 0) is 0 Å². The first-order valence-electron chi connectivity index (χ1n) is 14.5. The Morgan fingerprint density at radius 3 is 2.22 bits per heavy atom. The second-order valence-electron chi connectivity index (χ2n) is 9.69. The minimum atomic E-state index is -0.581. The fraction of sp³-hybridized carbons (Fsp3) is 0.171. The first kappa shape index (κ1) is 31.2. The number of aromatic amines is 1. The first-order valence-corrected chi connectivity index (χ1v) is 14.9.